The normalized spacial score (nSPS) is 14.1. The fourth-order valence-electron chi connectivity index (χ4n) is 2.57. The van der Waals surface area contributed by atoms with Crippen molar-refractivity contribution in [1.29, 1.82) is 0 Å². The van der Waals surface area contributed by atoms with E-state index >= 15 is 0 Å². The number of aryl methyl sites for hydroxylation is 2. The summed E-state index contributed by atoms with van der Waals surface area (Å²) in [6.45, 7) is 4.20. The van der Waals surface area contributed by atoms with Crippen LogP contribution >= 0.6 is 0 Å². The summed E-state index contributed by atoms with van der Waals surface area (Å²) in [5.41, 5.74) is 2.35. The van der Waals surface area contributed by atoms with Crippen LogP contribution in [0.5, 0.6) is 0 Å². The van der Waals surface area contributed by atoms with Crippen LogP contribution in [0.2, 0.25) is 0 Å². The molecule has 0 bridgehead atoms. The lowest BCUT2D eigenvalue weighted by Gasteiger charge is -2.09. The Bertz CT molecular complexity index is 639. The quantitative estimate of drug-likeness (QED) is 0.923. The van der Waals surface area contributed by atoms with Crippen LogP contribution in [0, 0.1) is 6.92 Å². The third kappa shape index (κ3) is 2.61. The molecule has 0 amide bonds. The van der Waals surface area contributed by atoms with Crippen LogP contribution in [0.1, 0.15) is 24.2 Å². The lowest BCUT2D eigenvalue weighted by molar-refractivity contribution is 0.511. The standard InChI is InChI=1S/C15H20N4O/c1-12-5-7-13(8-6-12)16-9-11-19-15(20)18-10-3-2-4-14(18)17-19/h5-8,16H,2-4,9-11H2,1H3. The number of rotatable bonds is 4. The zero-order valence-corrected chi connectivity index (χ0v) is 11.8. The Morgan fingerprint density at radius 2 is 2.05 bits per heavy atom. The van der Waals surface area contributed by atoms with Crippen molar-refractivity contribution in [2.45, 2.75) is 39.3 Å². The van der Waals surface area contributed by atoms with E-state index in [9.17, 15) is 4.79 Å². The van der Waals surface area contributed by atoms with Crippen LogP contribution in [0.25, 0.3) is 0 Å². The van der Waals surface area contributed by atoms with Crippen LogP contribution < -0.4 is 11.0 Å². The van der Waals surface area contributed by atoms with Gasteiger partial charge in [-0.15, -0.1) is 0 Å². The molecule has 0 saturated carbocycles. The molecular weight excluding hydrogens is 252 g/mol. The van der Waals surface area contributed by atoms with Crippen molar-refractivity contribution in [3.63, 3.8) is 0 Å². The van der Waals surface area contributed by atoms with E-state index in [2.05, 4.69) is 41.6 Å². The molecule has 1 aromatic heterocycles. The average Bonchev–Trinajstić information content (AvgIpc) is 2.78. The second-order valence-corrected chi connectivity index (χ2v) is 5.32. The van der Waals surface area contributed by atoms with Gasteiger partial charge in [0.15, 0.2) is 0 Å². The van der Waals surface area contributed by atoms with E-state index in [4.69, 9.17) is 0 Å². The predicted octanol–water partition coefficient (Wildman–Crippen LogP) is 1.80. The summed E-state index contributed by atoms with van der Waals surface area (Å²) in [4.78, 5) is 12.1. The summed E-state index contributed by atoms with van der Waals surface area (Å²) in [5.74, 6) is 0.941. The van der Waals surface area contributed by atoms with Gasteiger partial charge in [0.2, 0.25) is 0 Å². The third-order valence-electron chi connectivity index (χ3n) is 3.74. The molecule has 0 spiro atoms. The molecule has 5 nitrogen and oxygen atoms in total. The summed E-state index contributed by atoms with van der Waals surface area (Å²) in [7, 11) is 0. The molecule has 20 heavy (non-hydrogen) atoms. The van der Waals surface area contributed by atoms with E-state index in [-0.39, 0.29) is 5.69 Å². The van der Waals surface area contributed by atoms with Gasteiger partial charge in [0, 0.05) is 25.2 Å². The Morgan fingerprint density at radius 1 is 1.25 bits per heavy atom. The van der Waals surface area contributed by atoms with Crippen molar-refractivity contribution in [2.24, 2.45) is 0 Å². The molecule has 1 aromatic carbocycles. The Morgan fingerprint density at radius 3 is 2.80 bits per heavy atom. The molecule has 1 aliphatic heterocycles. The first-order chi connectivity index (χ1) is 9.74. The van der Waals surface area contributed by atoms with Gasteiger partial charge in [-0.3, -0.25) is 4.57 Å². The van der Waals surface area contributed by atoms with Crippen LogP contribution in [0.3, 0.4) is 0 Å². The lowest BCUT2D eigenvalue weighted by Crippen LogP contribution is -2.28. The Balaban J connectivity index is 1.63. The monoisotopic (exact) mass is 272 g/mol. The summed E-state index contributed by atoms with van der Waals surface area (Å²) < 4.78 is 3.40. The topological polar surface area (TPSA) is 51.9 Å². The maximum Gasteiger partial charge on any atom is 0.345 e. The molecule has 0 aliphatic carbocycles. The molecule has 0 unspecified atom stereocenters. The highest BCUT2D eigenvalue weighted by Crippen LogP contribution is 2.10. The fraction of sp³-hybridized carbons (Fsp3) is 0.467. The first-order valence-electron chi connectivity index (χ1n) is 7.21. The maximum atomic E-state index is 12.1. The number of fused-ring (bicyclic) bond motifs is 1. The van der Waals surface area contributed by atoms with Gasteiger partial charge >= 0.3 is 5.69 Å². The summed E-state index contributed by atoms with van der Waals surface area (Å²) in [5, 5.41) is 7.74. The van der Waals surface area contributed by atoms with Crippen molar-refractivity contribution < 1.29 is 0 Å². The molecule has 3 rings (SSSR count). The molecule has 5 heteroatoms. The number of aromatic nitrogens is 3. The van der Waals surface area contributed by atoms with Crippen LogP contribution in [0.4, 0.5) is 5.69 Å². The first-order valence-corrected chi connectivity index (χ1v) is 7.21. The predicted molar refractivity (Wildman–Crippen MR) is 79.1 cm³/mol. The average molecular weight is 272 g/mol. The minimum atomic E-state index is 0.0328. The van der Waals surface area contributed by atoms with Crippen LogP contribution in [0.15, 0.2) is 29.1 Å². The van der Waals surface area contributed by atoms with Crippen molar-refractivity contribution in [2.75, 3.05) is 11.9 Å². The fourth-order valence-corrected chi connectivity index (χ4v) is 2.57. The van der Waals surface area contributed by atoms with Crippen LogP contribution in [-0.4, -0.2) is 20.9 Å². The molecule has 0 saturated heterocycles. The third-order valence-corrected chi connectivity index (χ3v) is 3.74. The number of hydrogen-bond acceptors (Lipinski definition) is 3. The highest BCUT2D eigenvalue weighted by atomic mass is 16.2. The SMILES string of the molecule is Cc1ccc(NCCn2nc3n(c2=O)CCCC3)cc1. The van der Waals surface area contributed by atoms with Gasteiger partial charge in [-0.2, -0.15) is 5.10 Å². The van der Waals surface area contributed by atoms with Gasteiger partial charge in [0.1, 0.15) is 5.82 Å². The van der Waals surface area contributed by atoms with E-state index < -0.39 is 0 Å². The van der Waals surface area contributed by atoms with Crippen molar-refractivity contribution in [1.82, 2.24) is 14.3 Å². The Hall–Kier alpha value is -2.04. The molecule has 2 heterocycles. The molecular formula is C15H20N4O. The van der Waals surface area contributed by atoms with E-state index in [0.717, 1.165) is 37.3 Å². The lowest BCUT2D eigenvalue weighted by atomic mass is 10.2. The summed E-state index contributed by atoms with van der Waals surface area (Å²) >= 11 is 0. The number of benzene rings is 1. The van der Waals surface area contributed by atoms with E-state index in [1.807, 2.05) is 4.57 Å². The molecule has 0 fully saturated rings. The Kier molecular flexibility index (Phi) is 3.58. The van der Waals surface area contributed by atoms with Gasteiger partial charge in [-0.1, -0.05) is 17.7 Å². The smallest absolute Gasteiger partial charge is 0.345 e. The number of nitrogens with zero attached hydrogens (tertiary/aromatic N) is 3. The minimum absolute atomic E-state index is 0.0328. The zero-order valence-electron chi connectivity index (χ0n) is 11.8. The van der Waals surface area contributed by atoms with Gasteiger partial charge in [-0.25, -0.2) is 9.48 Å². The second kappa shape index (κ2) is 5.53. The van der Waals surface area contributed by atoms with Crippen molar-refractivity contribution in [3.05, 3.63) is 46.1 Å². The van der Waals surface area contributed by atoms with E-state index in [0.29, 0.717) is 13.1 Å². The second-order valence-electron chi connectivity index (χ2n) is 5.32. The van der Waals surface area contributed by atoms with Crippen LogP contribution in [-0.2, 0) is 19.5 Å². The molecule has 1 N–H and O–H groups in total. The Labute approximate surface area is 118 Å². The molecule has 0 radical (unpaired) electrons. The van der Waals surface area contributed by atoms with Gasteiger partial charge in [-0.05, 0) is 31.9 Å². The number of nitrogens with one attached hydrogen (secondary N) is 1. The van der Waals surface area contributed by atoms with Gasteiger partial charge in [0.05, 0.1) is 6.54 Å². The van der Waals surface area contributed by atoms with Gasteiger partial charge in [0.25, 0.3) is 0 Å². The van der Waals surface area contributed by atoms with E-state index in [1.165, 1.54) is 5.56 Å². The zero-order chi connectivity index (χ0) is 13.9. The van der Waals surface area contributed by atoms with E-state index in [1.54, 1.807) is 4.68 Å². The number of hydrogen-bond donors (Lipinski definition) is 1. The summed E-state index contributed by atoms with van der Waals surface area (Å²) in [6.07, 6.45) is 3.14. The minimum Gasteiger partial charge on any atom is -0.383 e. The molecule has 106 valence electrons. The summed E-state index contributed by atoms with van der Waals surface area (Å²) in [6, 6.07) is 8.25. The molecule has 1 aliphatic rings. The maximum absolute atomic E-state index is 12.1. The van der Waals surface area contributed by atoms with Crippen molar-refractivity contribution >= 4 is 5.69 Å². The van der Waals surface area contributed by atoms with Crippen molar-refractivity contribution in [3.8, 4) is 0 Å². The first kappa shape index (κ1) is 13.0. The highest BCUT2D eigenvalue weighted by Gasteiger charge is 2.15. The molecule has 2 aromatic rings. The molecule has 0 atom stereocenters. The highest BCUT2D eigenvalue weighted by molar-refractivity contribution is 5.44. The number of anilines is 1. The van der Waals surface area contributed by atoms with Gasteiger partial charge < -0.3 is 5.32 Å². The largest absolute Gasteiger partial charge is 0.383 e.